The minimum atomic E-state index is -0.263. The average molecular weight is 342 g/mol. The zero-order valence-corrected chi connectivity index (χ0v) is 14.0. The van der Waals surface area contributed by atoms with E-state index < -0.39 is 0 Å². The molecule has 1 heterocycles. The number of carbonyl (C=O) groups is 1. The Kier molecular flexibility index (Phi) is 4.53. The van der Waals surface area contributed by atoms with Gasteiger partial charge in [-0.2, -0.15) is 5.10 Å². The highest BCUT2D eigenvalue weighted by Gasteiger charge is 2.16. The molecule has 3 rings (SSSR count). The van der Waals surface area contributed by atoms with Crippen molar-refractivity contribution in [1.29, 1.82) is 0 Å². The lowest BCUT2D eigenvalue weighted by molar-refractivity contribution is 0.101. The van der Waals surface area contributed by atoms with Gasteiger partial charge in [0.05, 0.1) is 23.5 Å². The van der Waals surface area contributed by atoms with E-state index in [1.807, 2.05) is 37.3 Å². The predicted molar refractivity (Wildman–Crippen MR) is 94.3 cm³/mol. The molecule has 0 radical (unpaired) electrons. The topological polar surface area (TPSA) is 56.1 Å². The van der Waals surface area contributed by atoms with Gasteiger partial charge in [-0.15, -0.1) is 0 Å². The Morgan fingerprint density at radius 3 is 2.58 bits per heavy atom. The monoisotopic (exact) mass is 341 g/mol. The van der Waals surface area contributed by atoms with Crippen LogP contribution in [0.5, 0.6) is 5.75 Å². The summed E-state index contributed by atoms with van der Waals surface area (Å²) in [5, 5.41) is 7.67. The van der Waals surface area contributed by atoms with Gasteiger partial charge in [0.2, 0.25) is 0 Å². The molecule has 0 aliphatic rings. The van der Waals surface area contributed by atoms with E-state index in [0.717, 1.165) is 11.4 Å². The van der Waals surface area contributed by atoms with Crippen LogP contribution < -0.4 is 10.1 Å². The van der Waals surface area contributed by atoms with Crippen LogP contribution >= 0.6 is 11.6 Å². The molecule has 0 saturated heterocycles. The zero-order valence-electron chi connectivity index (χ0n) is 13.3. The van der Waals surface area contributed by atoms with Crippen molar-refractivity contribution in [1.82, 2.24) is 9.78 Å². The summed E-state index contributed by atoms with van der Waals surface area (Å²) in [5.41, 5.74) is 2.62. The fourth-order valence-corrected chi connectivity index (χ4v) is 2.62. The minimum Gasteiger partial charge on any atom is -0.495 e. The Labute approximate surface area is 144 Å². The number of hydrogen-bond donors (Lipinski definition) is 1. The number of carbonyl (C=O) groups excluding carboxylic acids is 1. The van der Waals surface area contributed by atoms with E-state index in [0.29, 0.717) is 22.2 Å². The van der Waals surface area contributed by atoms with Gasteiger partial charge < -0.3 is 10.1 Å². The highest BCUT2D eigenvalue weighted by Crippen LogP contribution is 2.27. The molecular formula is C18H16ClN3O2. The first-order valence-electron chi connectivity index (χ1n) is 7.35. The van der Waals surface area contributed by atoms with Gasteiger partial charge in [-0.05, 0) is 43.3 Å². The first kappa shape index (κ1) is 16.1. The molecule has 0 spiro atoms. The van der Waals surface area contributed by atoms with Crippen molar-refractivity contribution in [3.8, 4) is 11.4 Å². The molecule has 5 nitrogen and oxygen atoms in total. The number of nitrogens with zero attached hydrogens (tertiary/aromatic N) is 2. The molecule has 0 aliphatic carbocycles. The van der Waals surface area contributed by atoms with Crippen LogP contribution in [0.3, 0.4) is 0 Å². The van der Waals surface area contributed by atoms with E-state index in [1.54, 1.807) is 36.1 Å². The van der Waals surface area contributed by atoms with Crippen LogP contribution in [-0.4, -0.2) is 22.8 Å². The molecule has 3 aromatic rings. The third-order valence-electron chi connectivity index (χ3n) is 3.47. The van der Waals surface area contributed by atoms with E-state index in [1.165, 1.54) is 0 Å². The van der Waals surface area contributed by atoms with Gasteiger partial charge in [-0.25, -0.2) is 4.68 Å². The molecule has 2 aromatic carbocycles. The third kappa shape index (κ3) is 3.26. The summed E-state index contributed by atoms with van der Waals surface area (Å²) in [7, 11) is 1.54. The number of rotatable bonds is 4. The highest BCUT2D eigenvalue weighted by atomic mass is 35.5. The van der Waals surface area contributed by atoms with Crippen molar-refractivity contribution in [2.75, 3.05) is 12.4 Å². The van der Waals surface area contributed by atoms with Crippen molar-refractivity contribution < 1.29 is 9.53 Å². The normalized spacial score (nSPS) is 10.5. The molecule has 0 saturated carbocycles. The fourth-order valence-electron chi connectivity index (χ4n) is 2.37. The number of methoxy groups -OCH3 is 1. The number of aryl methyl sites for hydroxylation is 1. The van der Waals surface area contributed by atoms with Gasteiger partial charge in [-0.1, -0.05) is 29.8 Å². The Morgan fingerprint density at radius 2 is 1.92 bits per heavy atom. The molecule has 0 atom stereocenters. The van der Waals surface area contributed by atoms with Crippen molar-refractivity contribution in [2.45, 2.75) is 6.92 Å². The first-order valence-corrected chi connectivity index (χ1v) is 7.73. The molecule has 1 amide bonds. The lowest BCUT2D eigenvalue weighted by Gasteiger charge is -2.10. The second kappa shape index (κ2) is 6.76. The maximum absolute atomic E-state index is 12.6. The quantitative estimate of drug-likeness (QED) is 0.777. The van der Waals surface area contributed by atoms with Crippen LogP contribution in [-0.2, 0) is 0 Å². The molecule has 1 aromatic heterocycles. The number of anilines is 1. The lowest BCUT2D eigenvalue weighted by atomic mass is 10.2. The van der Waals surface area contributed by atoms with Crippen LogP contribution in [0.4, 0.5) is 5.69 Å². The SMILES string of the molecule is COc1ccc(NC(=O)c2cc(C)nn2-c2ccccc2)cc1Cl. The summed E-state index contributed by atoms with van der Waals surface area (Å²) in [6.07, 6.45) is 0. The molecular weight excluding hydrogens is 326 g/mol. The molecule has 6 heteroatoms. The summed E-state index contributed by atoms with van der Waals surface area (Å²) >= 11 is 6.10. The molecule has 0 bridgehead atoms. The van der Waals surface area contributed by atoms with Crippen molar-refractivity contribution in [2.24, 2.45) is 0 Å². The maximum Gasteiger partial charge on any atom is 0.274 e. The first-order chi connectivity index (χ1) is 11.6. The number of amides is 1. The second-order valence-electron chi connectivity index (χ2n) is 5.22. The van der Waals surface area contributed by atoms with Crippen LogP contribution in [0.25, 0.3) is 5.69 Å². The Morgan fingerprint density at radius 1 is 1.17 bits per heavy atom. The van der Waals surface area contributed by atoms with E-state index >= 15 is 0 Å². The van der Waals surface area contributed by atoms with Gasteiger partial charge in [0.15, 0.2) is 0 Å². The van der Waals surface area contributed by atoms with Crippen molar-refractivity contribution in [3.05, 3.63) is 71.0 Å². The van der Waals surface area contributed by atoms with E-state index in [-0.39, 0.29) is 5.91 Å². The van der Waals surface area contributed by atoms with Crippen molar-refractivity contribution in [3.63, 3.8) is 0 Å². The minimum absolute atomic E-state index is 0.263. The third-order valence-corrected chi connectivity index (χ3v) is 3.77. The summed E-state index contributed by atoms with van der Waals surface area (Å²) in [6, 6.07) is 16.3. The number of benzene rings is 2. The standard InChI is InChI=1S/C18H16ClN3O2/c1-12-10-16(22(21-12)14-6-4-3-5-7-14)18(23)20-13-8-9-17(24-2)15(19)11-13/h3-11H,1-2H3,(H,20,23). The predicted octanol–water partition coefficient (Wildman–Crippen LogP) is 4.10. The fraction of sp³-hybridized carbons (Fsp3) is 0.111. The van der Waals surface area contributed by atoms with Gasteiger partial charge in [-0.3, -0.25) is 4.79 Å². The molecule has 0 fully saturated rings. The van der Waals surface area contributed by atoms with E-state index in [9.17, 15) is 4.79 Å². The largest absolute Gasteiger partial charge is 0.495 e. The number of ether oxygens (including phenoxy) is 1. The molecule has 0 aliphatic heterocycles. The van der Waals surface area contributed by atoms with Crippen LogP contribution in [0, 0.1) is 6.92 Å². The van der Waals surface area contributed by atoms with E-state index in [2.05, 4.69) is 10.4 Å². The zero-order chi connectivity index (χ0) is 17.1. The molecule has 24 heavy (non-hydrogen) atoms. The van der Waals surface area contributed by atoms with Crippen molar-refractivity contribution >= 4 is 23.2 Å². The Bertz CT molecular complexity index is 875. The molecule has 0 unspecified atom stereocenters. The number of hydrogen-bond acceptors (Lipinski definition) is 3. The average Bonchev–Trinajstić information content (AvgIpc) is 2.98. The lowest BCUT2D eigenvalue weighted by Crippen LogP contribution is -2.17. The number of halogens is 1. The maximum atomic E-state index is 12.6. The van der Waals surface area contributed by atoms with E-state index in [4.69, 9.17) is 16.3 Å². The van der Waals surface area contributed by atoms with Crippen LogP contribution in [0.2, 0.25) is 5.02 Å². The van der Waals surface area contributed by atoms with Crippen LogP contribution in [0.1, 0.15) is 16.2 Å². The highest BCUT2D eigenvalue weighted by molar-refractivity contribution is 6.32. The number of nitrogens with one attached hydrogen (secondary N) is 1. The Balaban J connectivity index is 1.90. The summed E-state index contributed by atoms with van der Waals surface area (Å²) < 4.78 is 6.73. The van der Waals surface area contributed by atoms with Gasteiger partial charge in [0.1, 0.15) is 11.4 Å². The van der Waals surface area contributed by atoms with Gasteiger partial charge in [0.25, 0.3) is 5.91 Å². The molecule has 1 N–H and O–H groups in total. The Hall–Kier alpha value is -2.79. The summed E-state index contributed by atoms with van der Waals surface area (Å²) in [6.45, 7) is 1.85. The van der Waals surface area contributed by atoms with Gasteiger partial charge in [0, 0.05) is 5.69 Å². The van der Waals surface area contributed by atoms with Gasteiger partial charge >= 0.3 is 0 Å². The summed E-state index contributed by atoms with van der Waals surface area (Å²) in [5.74, 6) is 0.292. The summed E-state index contributed by atoms with van der Waals surface area (Å²) in [4.78, 5) is 12.6. The van der Waals surface area contributed by atoms with Crippen LogP contribution in [0.15, 0.2) is 54.6 Å². The number of aromatic nitrogens is 2. The molecule has 122 valence electrons. The smallest absolute Gasteiger partial charge is 0.274 e. The second-order valence-corrected chi connectivity index (χ2v) is 5.63. The number of para-hydroxylation sites is 1.